The van der Waals surface area contributed by atoms with E-state index in [0.29, 0.717) is 0 Å². The highest BCUT2D eigenvalue weighted by Crippen LogP contribution is 2.31. The van der Waals surface area contributed by atoms with Crippen LogP contribution in [0.5, 0.6) is 0 Å². The molecule has 0 spiro atoms. The third-order valence-electron chi connectivity index (χ3n) is 2.58. The lowest BCUT2D eigenvalue weighted by Crippen LogP contribution is -2.56. The Hall–Kier alpha value is -0.420. The largest absolute Gasteiger partial charge is 0.398 e. The van der Waals surface area contributed by atoms with Crippen LogP contribution in [0.1, 0.15) is 0 Å². The predicted octanol–water partition coefficient (Wildman–Crippen LogP) is -0.321. The standard InChI is InChI=1S/C10H14BrClN2O5S/c11-9-7(13)1-6(12)2-8(9)20(18,19)14-10(3-15,4-16)5-17/h1-2,14-17H,3-5,13H2. The van der Waals surface area contributed by atoms with Crippen LogP contribution in [-0.4, -0.2) is 49.1 Å². The number of aliphatic hydroxyl groups is 3. The van der Waals surface area contributed by atoms with E-state index in [1.165, 1.54) is 6.07 Å². The number of halogens is 2. The maximum absolute atomic E-state index is 12.3. The zero-order chi connectivity index (χ0) is 15.6. The maximum atomic E-state index is 12.3. The number of nitrogens with one attached hydrogen (secondary N) is 1. The number of hydrogen-bond donors (Lipinski definition) is 5. The van der Waals surface area contributed by atoms with Crippen molar-refractivity contribution in [1.82, 2.24) is 4.72 Å². The van der Waals surface area contributed by atoms with E-state index < -0.39 is 35.4 Å². The highest BCUT2D eigenvalue weighted by Gasteiger charge is 2.35. The van der Waals surface area contributed by atoms with E-state index in [-0.39, 0.29) is 20.1 Å². The SMILES string of the molecule is Nc1cc(Cl)cc(S(=O)(=O)NC(CO)(CO)CO)c1Br. The van der Waals surface area contributed by atoms with Crippen LogP contribution in [0, 0.1) is 0 Å². The average molecular weight is 390 g/mol. The second-order valence-corrected chi connectivity index (χ2v) is 7.05. The van der Waals surface area contributed by atoms with Gasteiger partial charge in [0.05, 0.1) is 29.2 Å². The number of anilines is 1. The van der Waals surface area contributed by atoms with Crippen molar-refractivity contribution in [2.24, 2.45) is 0 Å². The summed E-state index contributed by atoms with van der Waals surface area (Å²) < 4.78 is 26.7. The van der Waals surface area contributed by atoms with Crippen LogP contribution in [0.15, 0.2) is 21.5 Å². The van der Waals surface area contributed by atoms with Crippen LogP contribution in [0.4, 0.5) is 5.69 Å². The fourth-order valence-corrected chi connectivity index (χ4v) is 4.04. The van der Waals surface area contributed by atoms with Crippen molar-refractivity contribution >= 4 is 43.2 Å². The Morgan fingerprint density at radius 3 is 2.20 bits per heavy atom. The molecule has 1 aromatic rings. The Morgan fingerprint density at radius 2 is 1.75 bits per heavy atom. The fourth-order valence-electron chi connectivity index (χ4n) is 1.37. The molecule has 0 aromatic heterocycles. The van der Waals surface area contributed by atoms with Crippen molar-refractivity contribution in [3.63, 3.8) is 0 Å². The van der Waals surface area contributed by atoms with Gasteiger partial charge in [0.15, 0.2) is 0 Å². The van der Waals surface area contributed by atoms with Crippen molar-refractivity contribution in [1.29, 1.82) is 0 Å². The highest BCUT2D eigenvalue weighted by molar-refractivity contribution is 9.10. The number of nitrogens with two attached hydrogens (primary N) is 1. The molecule has 0 saturated carbocycles. The molecule has 7 nitrogen and oxygen atoms in total. The minimum Gasteiger partial charge on any atom is -0.398 e. The molecule has 0 amide bonds. The van der Waals surface area contributed by atoms with E-state index in [1.807, 2.05) is 4.72 Å². The van der Waals surface area contributed by atoms with Gasteiger partial charge in [-0.15, -0.1) is 0 Å². The molecule has 0 saturated heterocycles. The third-order valence-corrected chi connectivity index (χ3v) is 5.55. The van der Waals surface area contributed by atoms with E-state index in [0.717, 1.165) is 6.07 Å². The van der Waals surface area contributed by atoms with Gasteiger partial charge in [-0.2, -0.15) is 4.72 Å². The summed E-state index contributed by atoms with van der Waals surface area (Å²) in [7, 11) is -4.17. The van der Waals surface area contributed by atoms with Crippen LogP contribution in [0.2, 0.25) is 5.02 Å². The Morgan fingerprint density at radius 1 is 1.25 bits per heavy atom. The summed E-state index contributed by atoms with van der Waals surface area (Å²) in [5.41, 5.74) is 3.94. The minimum atomic E-state index is -4.17. The summed E-state index contributed by atoms with van der Waals surface area (Å²) in [4.78, 5) is -0.262. The normalized spacial score (nSPS) is 12.7. The van der Waals surface area contributed by atoms with Gasteiger partial charge < -0.3 is 21.1 Å². The summed E-state index contributed by atoms with van der Waals surface area (Å²) in [5, 5.41) is 27.6. The number of sulfonamides is 1. The van der Waals surface area contributed by atoms with Crippen LogP contribution in [0.3, 0.4) is 0 Å². The number of benzene rings is 1. The van der Waals surface area contributed by atoms with Gasteiger partial charge in [-0.1, -0.05) is 11.6 Å². The molecular formula is C10H14BrClN2O5S. The molecule has 0 atom stereocenters. The van der Waals surface area contributed by atoms with Crippen molar-refractivity contribution in [3.8, 4) is 0 Å². The topological polar surface area (TPSA) is 133 Å². The Balaban J connectivity index is 3.31. The van der Waals surface area contributed by atoms with Gasteiger partial charge in [0.25, 0.3) is 0 Å². The Labute approximate surface area is 129 Å². The van der Waals surface area contributed by atoms with Gasteiger partial charge in [-0.25, -0.2) is 8.42 Å². The Bertz CT molecular complexity index is 583. The summed E-state index contributed by atoms with van der Waals surface area (Å²) >= 11 is 8.79. The summed E-state index contributed by atoms with van der Waals surface area (Å²) in [6.07, 6.45) is 0. The lowest BCUT2D eigenvalue weighted by molar-refractivity contribution is 0.0582. The van der Waals surface area contributed by atoms with Crippen molar-refractivity contribution in [2.45, 2.75) is 10.4 Å². The van der Waals surface area contributed by atoms with Crippen molar-refractivity contribution < 1.29 is 23.7 Å². The lowest BCUT2D eigenvalue weighted by Gasteiger charge is -2.28. The summed E-state index contributed by atoms with van der Waals surface area (Å²) in [6.45, 7) is -2.35. The predicted molar refractivity (Wildman–Crippen MR) is 77.9 cm³/mol. The van der Waals surface area contributed by atoms with Crippen LogP contribution in [-0.2, 0) is 10.0 Å². The number of rotatable bonds is 6. The van der Waals surface area contributed by atoms with Gasteiger partial charge in [-0.05, 0) is 28.1 Å². The average Bonchev–Trinajstić information content (AvgIpc) is 2.40. The monoisotopic (exact) mass is 388 g/mol. The zero-order valence-electron chi connectivity index (χ0n) is 10.2. The molecule has 114 valence electrons. The first-order chi connectivity index (χ1) is 9.21. The molecule has 0 aliphatic heterocycles. The molecule has 0 aliphatic carbocycles. The second-order valence-electron chi connectivity index (χ2n) is 4.17. The molecule has 1 rings (SSSR count). The smallest absolute Gasteiger partial charge is 0.242 e. The molecule has 0 unspecified atom stereocenters. The minimum absolute atomic E-state index is 0.0946. The van der Waals surface area contributed by atoms with Gasteiger partial charge in [0.2, 0.25) is 10.0 Å². The van der Waals surface area contributed by atoms with Gasteiger partial charge in [0, 0.05) is 10.7 Å². The summed E-state index contributed by atoms with van der Waals surface area (Å²) in [6, 6.07) is 2.52. The lowest BCUT2D eigenvalue weighted by atomic mass is 10.1. The molecular weight excluding hydrogens is 376 g/mol. The highest BCUT2D eigenvalue weighted by atomic mass is 79.9. The maximum Gasteiger partial charge on any atom is 0.242 e. The van der Waals surface area contributed by atoms with E-state index in [2.05, 4.69) is 15.9 Å². The summed E-state index contributed by atoms with van der Waals surface area (Å²) in [5.74, 6) is 0. The molecule has 10 heteroatoms. The fraction of sp³-hybridized carbons (Fsp3) is 0.400. The van der Waals surface area contributed by atoms with E-state index >= 15 is 0 Å². The first kappa shape index (κ1) is 17.6. The zero-order valence-corrected chi connectivity index (χ0v) is 13.3. The molecule has 20 heavy (non-hydrogen) atoms. The number of nitrogen functional groups attached to an aromatic ring is 1. The van der Waals surface area contributed by atoms with Gasteiger partial charge in [-0.3, -0.25) is 0 Å². The van der Waals surface area contributed by atoms with Crippen molar-refractivity contribution in [3.05, 3.63) is 21.6 Å². The first-order valence-electron chi connectivity index (χ1n) is 5.32. The second kappa shape index (κ2) is 6.56. The van der Waals surface area contributed by atoms with Crippen LogP contribution >= 0.6 is 27.5 Å². The third kappa shape index (κ3) is 3.61. The molecule has 1 aromatic carbocycles. The van der Waals surface area contributed by atoms with Crippen molar-refractivity contribution in [2.75, 3.05) is 25.6 Å². The molecule has 0 fully saturated rings. The van der Waals surface area contributed by atoms with Crippen LogP contribution in [0.25, 0.3) is 0 Å². The first-order valence-corrected chi connectivity index (χ1v) is 7.98. The molecule has 0 bridgehead atoms. The molecule has 6 N–H and O–H groups in total. The quantitative estimate of drug-likeness (QED) is 0.423. The molecule has 0 aliphatic rings. The Kier molecular flexibility index (Phi) is 5.79. The van der Waals surface area contributed by atoms with E-state index in [9.17, 15) is 8.42 Å². The van der Waals surface area contributed by atoms with E-state index in [4.69, 9.17) is 32.7 Å². The van der Waals surface area contributed by atoms with E-state index in [1.54, 1.807) is 0 Å². The number of hydrogen-bond acceptors (Lipinski definition) is 6. The molecule has 0 heterocycles. The molecule has 0 radical (unpaired) electrons. The van der Waals surface area contributed by atoms with Gasteiger partial charge in [0.1, 0.15) is 5.54 Å². The number of aliphatic hydroxyl groups excluding tert-OH is 3. The van der Waals surface area contributed by atoms with Gasteiger partial charge >= 0.3 is 0 Å². The van der Waals surface area contributed by atoms with Crippen LogP contribution < -0.4 is 10.5 Å².